The van der Waals surface area contributed by atoms with Crippen LogP contribution in [0.2, 0.25) is 0 Å². The minimum atomic E-state index is -0.801. The van der Waals surface area contributed by atoms with Gasteiger partial charge in [0, 0.05) is 13.0 Å². The molecule has 3 saturated heterocycles. The van der Waals surface area contributed by atoms with E-state index in [0.717, 1.165) is 18.7 Å². The van der Waals surface area contributed by atoms with Crippen LogP contribution < -0.4 is 4.90 Å². The molecule has 3 heterocycles. The summed E-state index contributed by atoms with van der Waals surface area (Å²) < 4.78 is 33.4. The fourth-order valence-electron chi connectivity index (χ4n) is 5.58. The molecule has 5 rings (SSSR count). The second-order valence-corrected chi connectivity index (χ2v) is 9.98. The highest BCUT2D eigenvalue weighted by Gasteiger charge is 2.53. The van der Waals surface area contributed by atoms with E-state index in [-0.39, 0.29) is 18.3 Å². The molecule has 8 heteroatoms. The van der Waals surface area contributed by atoms with Gasteiger partial charge in [-0.25, -0.2) is 13.6 Å². The molecule has 0 saturated carbocycles. The van der Waals surface area contributed by atoms with E-state index in [9.17, 15) is 18.4 Å². The number of carbonyl (C=O) groups excluding carboxylic acids is 2. The molecule has 0 aliphatic carbocycles. The highest BCUT2D eigenvalue weighted by Crippen LogP contribution is 2.41. The first-order chi connectivity index (χ1) is 16.3. The number of carbonyl (C=O) groups is 2. The molecule has 3 fully saturated rings. The Hall–Kier alpha value is -3.00. The molecule has 2 amide bonds. The summed E-state index contributed by atoms with van der Waals surface area (Å²) in [5, 5.41) is 0. The van der Waals surface area contributed by atoms with Gasteiger partial charge in [-0.15, -0.1) is 0 Å². The zero-order chi connectivity index (χ0) is 23.9. The lowest BCUT2D eigenvalue weighted by Crippen LogP contribution is -2.51. The number of hydrogen-bond acceptors (Lipinski definition) is 4. The van der Waals surface area contributed by atoms with Gasteiger partial charge in [-0.2, -0.15) is 0 Å². The fraction of sp³-hybridized carbons (Fsp3) is 0.462. The van der Waals surface area contributed by atoms with Crippen LogP contribution in [0, 0.1) is 17.0 Å². The lowest BCUT2D eigenvalue weighted by Gasteiger charge is -2.42. The number of amides is 2. The fourth-order valence-corrected chi connectivity index (χ4v) is 5.58. The second-order valence-electron chi connectivity index (χ2n) is 9.98. The Morgan fingerprint density at radius 3 is 2.38 bits per heavy atom. The normalized spacial score (nSPS) is 24.6. The average molecular weight is 470 g/mol. The highest BCUT2D eigenvalue weighted by atomic mass is 19.1. The van der Waals surface area contributed by atoms with Gasteiger partial charge in [0.25, 0.3) is 0 Å². The Bertz CT molecular complexity index is 1100. The van der Waals surface area contributed by atoms with Crippen LogP contribution in [-0.4, -0.2) is 67.2 Å². The number of anilines is 1. The molecule has 0 radical (unpaired) electrons. The number of benzene rings is 2. The van der Waals surface area contributed by atoms with E-state index in [4.69, 9.17) is 4.74 Å². The van der Waals surface area contributed by atoms with E-state index in [1.165, 1.54) is 29.2 Å². The third-order valence-corrected chi connectivity index (χ3v) is 7.52. The van der Waals surface area contributed by atoms with Crippen molar-refractivity contribution >= 4 is 17.7 Å². The van der Waals surface area contributed by atoms with Crippen LogP contribution in [0.1, 0.15) is 24.8 Å². The Morgan fingerprint density at radius 2 is 1.68 bits per heavy atom. The van der Waals surface area contributed by atoms with Gasteiger partial charge in [-0.3, -0.25) is 9.69 Å². The third kappa shape index (κ3) is 4.27. The molecule has 0 aromatic heterocycles. The molecule has 1 unspecified atom stereocenters. The van der Waals surface area contributed by atoms with Crippen LogP contribution in [-0.2, 0) is 16.0 Å². The molecule has 3 aliphatic heterocycles. The maximum atomic E-state index is 13.9. The van der Waals surface area contributed by atoms with Crippen molar-refractivity contribution in [3.05, 3.63) is 65.7 Å². The van der Waals surface area contributed by atoms with Crippen molar-refractivity contribution in [3.63, 3.8) is 0 Å². The van der Waals surface area contributed by atoms with Crippen molar-refractivity contribution < 1.29 is 23.1 Å². The van der Waals surface area contributed by atoms with E-state index >= 15 is 0 Å². The van der Waals surface area contributed by atoms with E-state index in [1.54, 1.807) is 18.2 Å². The predicted octanol–water partition coefficient (Wildman–Crippen LogP) is 3.85. The third-order valence-electron chi connectivity index (χ3n) is 7.52. The Balaban J connectivity index is 1.35. The van der Waals surface area contributed by atoms with Gasteiger partial charge in [0.2, 0.25) is 5.91 Å². The van der Waals surface area contributed by atoms with Gasteiger partial charge < -0.3 is 14.5 Å². The van der Waals surface area contributed by atoms with Gasteiger partial charge in [-0.05, 0) is 75.3 Å². The highest BCUT2D eigenvalue weighted by molar-refractivity contribution is 5.91. The van der Waals surface area contributed by atoms with E-state index in [0.29, 0.717) is 44.5 Å². The smallest absolute Gasteiger partial charge is 0.415 e. The molecule has 1 spiro atoms. The Morgan fingerprint density at radius 1 is 0.971 bits per heavy atom. The lowest BCUT2D eigenvalue weighted by atomic mass is 9.72. The summed E-state index contributed by atoms with van der Waals surface area (Å²) in [5.74, 6) is -0.679. The largest absolute Gasteiger partial charge is 0.439 e. The van der Waals surface area contributed by atoms with Crippen molar-refractivity contribution in [2.45, 2.75) is 31.3 Å². The topological polar surface area (TPSA) is 53.1 Å². The van der Waals surface area contributed by atoms with Gasteiger partial charge in [0.1, 0.15) is 11.6 Å². The lowest BCUT2D eigenvalue weighted by molar-refractivity contribution is -0.144. The van der Waals surface area contributed by atoms with Gasteiger partial charge in [0.15, 0.2) is 5.60 Å². The minimum Gasteiger partial charge on any atom is -0.439 e. The summed E-state index contributed by atoms with van der Waals surface area (Å²) in [6.07, 6.45) is 1.88. The summed E-state index contributed by atoms with van der Waals surface area (Å²) >= 11 is 0. The van der Waals surface area contributed by atoms with Crippen molar-refractivity contribution in [1.29, 1.82) is 0 Å². The summed E-state index contributed by atoms with van der Waals surface area (Å²) in [6.45, 7) is 2.66. The van der Waals surface area contributed by atoms with Crippen molar-refractivity contribution in [1.82, 2.24) is 9.80 Å². The van der Waals surface area contributed by atoms with Crippen LogP contribution >= 0.6 is 0 Å². The average Bonchev–Trinajstić information content (AvgIpc) is 3.37. The van der Waals surface area contributed by atoms with Crippen molar-refractivity contribution in [3.8, 4) is 0 Å². The zero-order valence-electron chi connectivity index (χ0n) is 19.3. The number of rotatable bonds is 4. The summed E-state index contributed by atoms with van der Waals surface area (Å²) in [4.78, 5) is 32.0. The molecule has 0 bridgehead atoms. The first kappa shape index (κ1) is 22.8. The molecular weight excluding hydrogens is 440 g/mol. The number of likely N-dealkylation sites (tertiary alicyclic amines) is 2. The molecule has 180 valence electrons. The summed E-state index contributed by atoms with van der Waals surface area (Å²) in [5.41, 5.74) is -0.151. The van der Waals surface area contributed by atoms with Gasteiger partial charge in [0.05, 0.1) is 24.2 Å². The maximum absolute atomic E-state index is 13.9. The molecule has 1 atom stereocenters. The minimum absolute atomic E-state index is 0.0435. The van der Waals surface area contributed by atoms with Crippen molar-refractivity contribution in [2.24, 2.45) is 5.41 Å². The maximum Gasteiger partial charge on any atom is 0.415 e. The molecule has 34 heavy (non-hydrogen) atoms. The second kappa shape index (κ2) is 8.65. The summed E-state index contributed by atoms with van der Waals surface area (Å²) in [7, 11) is 2.04. The van der Waals surface area contributed by atoms with Crippen LogP contribution in [0.5, 0.6) is 0 Å². The van der Waals surface area contributed by atoms with Crippen LogP contribution in [0.3, 0.4) is 0 Å². The van der Waals surface area contributed by atoms with Crippen molar-refractivity contribution in [2.75, 3.05) is 44.7 Å². The quantitative estimate of drug-likeness (QED) is 0.683. The van der Waals surface area contributed by atoms with E-state index < -0.39 is 22.9 Å². The molecule has 2 aromatic carbocycles. The van der Waals surface area contributed by atoms with Crippen LogP contribution in [0.15, 0.2) is 48.5 Å². The standard InChI is InChI=1S/C26H29F2N3O3/c1-29-11-8-25(9-12-29,16-19-4-2-5-20(27)14-19)23(32)30-13-10-26(17-30)18-31(24(33)34-26)22-7-3-6-21(28)15-22/h2-7,14-15H,8-13,16-18H2,1H3. The van der Waals surface area contributed by atoms with E-state index in [2.05, 4.69) is 4.90 Å². The number of ether oxygens (including phenoxy) is 1. The SMILES string of the molecule is CN1CCC(Cc2cccc(F)c2)(C(=O)N2CCC3(C2)CN(c2cccc(F)c2)C(=O)O3)CC1. The van der Waals surface area contributed by atoms with Gasteiger partial charge in [-0.1, -0.05) is 18.2 Å². The number of hydrogen-bond donors (Lipinski definition) is 0. The predicted molar refractivity (Wildman–Crippen MR) is 123 cm³/mol. The zero-order valence-corrected chi connectivity index (χ0v) is 19.3. The molecule has 3 aliphatic rings. The first-order valence-corrected chi connectivity index (χ1v) is 11.8. The van der Waals surface area contributed by atoms with Gasteiger partial charge >= 0.3 is 6.09 Å². The Labute approximate surface area is 198 Å². The van der Waals surface area contributed by atoms with Crippen LogP contribution in [0.4, 0.5) is 19.3 Å². The number of halogens is 2. The molecule has 0 N–H and O–H groups in total. The number of piperidine rings is 1. The molecule has 6 nitrogen and oxygen atoms in total. The summed E-state index contributed by atoms with van der Waals surface area (Å²) in [6, 6.07) is 12.3. The monoisotopic (exact) mass is 469 g/mol. The Kier molecular flexibility index (Phi) is 5.80. The molecule has 2 aromatic rings. The first-order valence-electron chi connectivity index (χ1n) is 11.8. The number of nitrogens with zero attached hydrogens (tertiary/aromatic N) is 3. The molecular formula is C26H29F2N3O3. The van der Waals surface area contributed by atoms with E-state index in [1.807, 2.05) is 18.0 Å². The van der Waals surface area contributed by atoms with Crippen LogP contribution in [0.25, 0.3) is 0 Å².